The van der Waals surface area contributed by atoms with E-state index in [2.05, 4.69) is 11.2 Å². The zero-order valence-corrected chi connectivity index (χ0v) is 8.59. The van der Waals surface area contributed by atoms with Crippen LogP contribution in [-0.4, -0.2) is 18.9 Å². The van der Waals surface area contributed by atoms with Crippen molar-refractivity contribution in [2.75, 3.05) is 13.1 Å². The summed E-state index contributed by atoms with van der Waals surface area (Å²) in [5.41, 5.74) is 0.324. The van der Waals surface area contributed by atoms with Gasteiger partial charge in [-0.15, -0.1) is 6.42 Å². The van der Waals surface area contributed by atoms with E-state index in [1.165, 1.54) is 0 Å². The molecule has 1 aromatic rings. The molecule has 1 N–H and O–H groups in total. The highest BCUT2D eigenvalue weighted by molar-refractivity contribution is 5.82. The number of rotatable bonds is 5. The summed E-state index contributed by atoms with van der Waals surface area (Å²) in [5, 5.41) is 2.71. The topological polar surface area (TPSA) is 29.1 Å². The van der Waals surface area contributed by atoms with Gasteiger partial charge in [0.25, 0.3) is 0 Å². The van der Waals surface area contributed by atoms with Crippen LogP contribution in [0.4, 0.5) is 8.78 Å². The Morgan fingerprint density at radius 3 is 2.50 bits per heavy atom. The van der Waals surface area contributed by atoms with Gasteiger partial charge in [-0.05, 0) is 17.7 Å². The molecule has 0 saturated carbocycles. The molecule has 4 heteroatoms. The van der Waals surface area contributed by atoms with Crippen molar-refractivity contribution in [3.63, 3.8) is 0 Å². The summed E-state index contributed by atoms with van der Waals surface area (Å²) in [6, 6.07) is 3.05. The first-order valence-electron chi connectivity index (χ1n) is 4.72. The van der Waals surface area contributed by atoms with Crippen LogP contribution in [-0.2, 0) is 11.2 Å². The maximum absolute atomic E-state index is 12.8. The van der Waals surface area contributed by atoms with E-state index in [0.717, 1.165) is 18.2 Å². The molecule has 0 amide bonds. The monoisotopic (exact) mass is 223 g/mol. The molecule has 1 rings (SSSR count). The third-order valence-corrected chi connectivity index (χ3v) is 1.87. The quantitative estimate of drug-likeness (QED) is 0.602. The van der Waals surface area contributed by atoms with Gasteiger partial charge in [-0.2, -0.15) is 0 Å². The lowest BCUT2D eigenvalue weighted by molar-refractivity contribution is -0.117. The van der Waals surface area contributed by atoms with E-state index in [9.17, 15) is 13.6 Å². The number of nitrogens with one attached hydrogen (secondary N) is 1. The summed E-state index contributed by atoms with van der Waals surface area (Å²) in [7, 11) is 0. The van der Waals surface area contributed by atoms with Crippen molar-refractivity contribution in [1.82, 2.24) is 5.32 Å². The van der Waals surface area contributed by atoms with Crippen LogP contribution in [0.3, 0.4) is 0 Å². The summed E-state index contributed by atoms with van der Waals surface area (Å²) in [5.74, 6) is 0.793. The molecule has 1 aromatic carbocycles. The summed E-state index contributed by atoms with van der Waals surface area (Å²) in [6.45, 7) is 0.394. The van der Waals surface area contributed by atoms with Crippen LogP contribution in [0, 0.1) is 24.0 Å². The molecule has 2 nitrogen and oxygen atoms in total. The minimum Gasteiger partial charge on any atom is -0.299 e. The fourth-order valence-corrected chi connectivity index (χ4v) is 1.28. The predicted octanol–water partition coefficient (Wildman–Crippen LogP) is 1.30. The van der Waals surface area contributed by atoms with Crippen LogP contribution in [0.2, 0.25) is 0 Å². The Labute approximate surface area is 92.7 Å². The van der Waals surface area contributed by atoms with Gasteiger partial charge in [-0.3, -0.25) is 10.1 Å². The normalized spacial score (nSPS) is 9.81. The number of hydrogen-bond donors (Lipinski definition) is 1. The van der Waals surface area contributed by atoms with Crippen LogP contribution in [0.1, 0.15) is 5.56 Å². The Morgan fingerprint density at radius 1 is 1.31 bits per heavy atom. The maximum atomic E-state index is 12.8. The SMILES string of the molecule is C#CCNCC(=O)Cc1cc(F)cc(F)c1. The largest absolute Gasteiger partial charge is 0.299 e. The second-order valence-corrected chi connectivity index (χ2v) is 3.30. The molecule has 84 valence electrons. The lowest BCUT2D eigenvalue weighted by atomic mass is 10.1. The van der Waals surface area contributed by atoms with Gasteiger partial charge in [0.1, 0.15) is 11.6 Å². The van der Waals surface area contributed by atoms with Crippen LogP contribution in [0.5, 0.6) is 0 Å². The first-order valence-corrected chi connectivity index (χ1v) is 4.72. The van der Waals surface area contributed by atoms with Crippen molar-refractivity contribution in [1.29, 1.82) is 0 Å². The smallest absolute Gasteiger partial charge is 0.150 e. The van der Waals surface area contributed by atoms with E-state index >= 15 is 0 Å². The third kappa shape index (κ3) is 4.20. The minimum absolute atomic E-state index is 0.00769. The van der Waals surface area contributed by atoms with Gasteiger partial charge in [-0.1, -0.05) is 5.92 Å². The molecule has 0 atom stereocenters. The second kappa shape index (κ2) is 5.99. The van der Waals surface area contributed by atoms with Crippen LogP contribution in [0.25, 0.3) is 0 Å². The van der Waals surface area contributed by atoms with Crippen LogP contribution < -0.4 is 5.32 Å². The molecule has 0 radical (unpaired) electrons. The highest BCUT2D eigenvalue weighted by Gasteiger charge is 2.06. The fourth-order valence-electron chi connectivity index (χ4n) is 1.28. The number of terminal acetylenes is 1. The third-order valence-electron chi connectivity index (χ3n) is 1.87. The Bertz CT molecular complexity index is 403. The molecule has 0 unspecified atom stereocenters. The van der Waals surface area contributed by atoms with Crippen molar-refractivity contribution >= 4 is 5.78 Å². The molecule has 0 aliphatic rings. The van der Waals surface area contributed by atoms with Crippen LogP contribution in [0.15, 0.2) is 18.2 Å². The van der Waals surface area contributed by atoms with Crippen molar-refractivity contribution in [2.45, 2.75) is 6.42 Å². The summed E-state index contributed by atoms with van der Waals surface area (Å²) >= 11 is 0. The van der Waals surface area contributed by atoms with Gasteiger partial charge in [0.15, 0.2) is 5.78 Å². The van der Waals surface area contributed by atoms with E-state index in [0.29, 0.717) is 12.1 Å². The second-order valence-electron chi connectivity index (χ2n) is 3.30. The molecule has 0 spiro atoms. The Balaban J connectivity index is 2.53. The molecular formula is C12H11F2NO. The fraction of sp³-hybridized carbons (Fsp3) is 0.250. The number of halogens is 2. The standard InChI is InChI=1S/C12H11F2NO/c1-2-3-15-8-12(16)6-9-4-10(13)7-11(14)5-9/h1,4-5,7,15H,3,6,8H2. The molecule has 0 aliphatic carbocycles. The molecule has 0 aromatic heterocycles. The van der Waals surface area contributed by atoms with E-state index < -0.39 is 11.6 Å². The Kier molecular flexibility index (Phi) is 4.62. The van der Waals surface area contributed by atoms with Gasteiger partial charge in [0, 0.05) is 12.5 Å². The average Bonchev–Trinajstić information content (AvgIpc) is 2.16. The van der Waals surface area contributed by atoms with E-state index in [-0.39, 0.29) is 18.7 Å². The highest BCUT2D eigenvalue weighted by Crippen LogP contribution is 2.08. The molecule has 0 bridgehead atoms. The summed E-state index contributed by atoms with van der Waals surface area (Å²) < 4.78 is 25.6. The number of carbonyl (C=O) groups is 1. The van der Waals surface area contributed by atoms with Gasteiger partial charge >= 0.3 is 0 Å². The first-order chi connectivity index (χ1) is 7.61. The Hall–Kier alpha value is -1.73. The van der Waals surface area contributed by atoms with Gasteiger partial charge in [-0.25, -0.2) is 8.78 Å². The lowest BCUT2D eigenvalue weighted by Crippen LogP contribution is -2.24. The molecule has 0 heterocycles. The zero-order valence-electron chi connectivity index (χ0n) is 8.59. The zero-order chi connectivity index (χ0) is 12.0. The van der Waals surface area contributed by atoms with E-state index in [1.54, 1.807) is 0 Å². The Morgan fingerprint density at radius 2 is 1.94 bits per heavy atom. The number of carbonyl (C=O) groups excluding carboxylic acids is 1. The van der Waals surface area contributed by atoms with Gasteiger partial charge < -0.3 is 0 Å². The predicted molar refractivity (Wildman–Crippen MR) is 56.8 cm³/mol. The molecule has 0 saturated heterocycles. The highest BCUT2D eigenvalue weighted by atomic mass is 19.1. The summed E-state index contributed by atoms with van der Waals surface area (Å²) in [6.07, 6.45) is 4.98. The van der Waals surface area contributed by atoms with Crippen molar-refractivity contribution in [2.24, 2.45) is 0 Å². The van der Waals surface area contributed by atoms with Crippen molar-refractivity contribution in [3.05, 3.63) is 35.4 Å². The number of benzene rings is 1. The number of Topliss-reactive ketones (excluding diaryl/α,β-unsaturated/α-hetero) is 1. The van der Waals surface area contributed by atoms with Crippen molar-refractivity contribution < 1.29 is 13.6 Å². The average molecular weight is 223 g/mol. The number of ketones is 1. The van der Waals surface area contributed by atoms with E-state index in [4.69, 9.17) is 6.42 Å². The summed E-state index contributed by atoms with van der Waals surface area (Å²) in [4.78, 5) is 11.3. The van der Waals surface area contributed by atoms with Crippen molar-refractivity contribution in [3.8, 4) is 12.3 Å². The van der Waals surface area contributed by atoms with Gasteiger partial charge in [0.2, 0.25) is 0 Å². The lowest BCUT2D eigenvalue weighted by Gasteiger charge is -2.02. The van der Waals surface area contributed by atoms with E-state index in [1.807, 2.05) is 0 Å². The van der Waals surface area contributed by atoms with Gasteiger partial charge in [0.05, 0.1) is 13.1 Å². The molecule has 0 aliphatic heterocycles. The van der Waals surface area contributed by atoms with Crippen LogP contribution >= 0.6 is 0 Å². The molecular weight excluding hydrogens is 212 g/mol. The first kappa shape index (κ1) is 12.3. The minimum atomic E-state index is -0.681. The maximum Gasteiger partial charge on any atom is 0.150 e. The molecule has 16 heavy (non-hydrogen) atoms. The number of hydrogen-bond acceptors (Lipinski definition) is 2. The molecule has 0 fully saturated rings.